The molecule has 0 aromatic carbocycles. The van der Waals surface area contributed by atoms with Crippen molar-refractivity contribution < 1.29 is 0 Å². The highest BCUT2D eigenvalue weighted by atomic mass is 15.2. The molecule has 1 N–H and O–H groups in total. The molecule has 0 saturated carbocycles. The number of pyridine rings is 1. The first-order valence-corrected chi connectivity index (χ1v) is 7.71. The van der Waals surface area contributed by atoms with E-state index in [2.05, 4.69) is 35.1 Å². The van der Waals surface area contributed by atoms with Gasteiger partial charge in [-0.15, -0.1) is 0 Å². The molecule has 3 heteroatoms. The van der Waals surface area contributed by atoms with Crippen molar-refractivity contribution in [2.45, 2.75) is 64.1 Å². The van der Waals surface area contributed by atoms with E-state index in [4.69, 9.17) is 0 Å². The Bertz CT molecular complexity index is 420. The average molecular weight is 259 g/mol. The van der Waals surface area contributed by atoms with Crippen LogP contribution in [-0.4, -0.2) is 29.7 Å². The maximum atomic E-state index is 4.24. The molecule has 2 fully saturated rings. The van der Waals surface area contributed by atoms with Gasteiger partial charge in [-0.1, -0.05) is 6.92 Å². The summed E-state index contributed by atoms with van der Waals surface area (Å²) >= 11 is 0. The molecule has 0 radical (unpaired) electrons. The molecular weight excluding hydrogens is 234 g/mol. The molecule has 104 valence electrons. The molecule has 3 nitrogen and oxygen atoms in total. The molecule has 2 atom stereocenters. The van der Waals surface area contributed by atoms with Crippen LogP contribution in [0.4, 0.5) is 5.69 Å². The smallest absolute Gasteiger partial charge is 0.0429 e. The van der Waals surface area contributed by atoms with Crippen LogP contribution in [0.5, 0.6) is 0 Å². The summed E-state index contributed by atoms with van der Waals surface area (Å²) in [5.41, 5.74) is 2.70. The predicted molar refractivity (Wildman–Crippen MR) is 79.6 cm³/mol. The van der Waals surface area contributed by atoms with Crippen molar-refractivity contribution in [2.75, 3.05) is 11.4 Å². The first-order chi connectivity index (χ1) is 9.28. The summed E-state index contributed by atoms with van der Waals surface area (Å²) in [5.74, 6) is 0. The van der Waals surface area contributed by atoms with E-state index < -0.39 is 0 Å². The Labute approximate surface area is 116 Å². The largest absolute Gasteiger partial charge is 0.368 e. The maximum absolute atomic E-state index is 4.24. The minimum atomic E-state index is 0.708. The number of nitrogens with zero attached hydrogens (tertiary/aromatic N) is 2. The van der Waals surface area contributed by atoms with Crippen LogP contribution in [0.2, 0.25) is 0 Å². The van der Waals surface area contributed by atoms with Gasteiger partial charge in [-0.3, -0.25) is 4.98 Å². The Morgan fingerprint density at radius 3 is 2.68 bits per heavy atom. The quantitative estimate of drug-likeness (QED) is 0.901. The number of anilines is 1. The molecule has 0 aliphatic carbocycles. The van der Waals surface area contributed by atoms with Crippen LogP contribution in [0.3, 0.4) is 0 Å². The summed E-state index contributed by atoms with van der Waals surface area (Å²) in [6.07, 6.45) is 10.5. The van der Waals surface area contributed by atoms with Gasteiger partial charge in [0.2, 0.25) is 0 Å². The van der Waals surface area contributed by atoms with Gasteiger partial charge in [0.05, 0.1) is 0 Å². The standard InChI is InChI=1S/C16H25N3/c1-3-8-19(16-6-7-17-11-12(16)2)15-9-13-4-5-14(10-15)18-13/h6-7,11,13-15,18H,3-5,8-10H2,1-2H3. The lowest BCUT2D eigenvalue weighted by Gasteiger charge is -2.39. The molecule has 2 saturated heterocycles. The van der Waals surface area contributed by atoms with E-state index in [1.807, 2.05) is 12.4 Å². The summed E-state index contributed by atoms with van der Waals surface area (Å²) < 4.78 is 0. The number of hydrogen-bond donors (Lipinski definition) is 1. The predicted octanol–water partition coefficient (Wildman–Crippen LogP) is 2.89. The van der Waals surface area contributed by atoms with Crippen LogP contribution in [0, 0.1) is 6.92 Å². The van der Waals surface area contributed by atoms with Crippen LogP contribution in [0.25, 0.3) is 0 Å². The summed E-state index contributed by atoms with van der Waals surface area (Å²) in [4.78, 5) is 6.88. The fourth-order valence-corrected chi connectivity index (χ4v) is 3.81. The molecule has 0 amide bonds. The third-order valence-electron chi connectivity index (χ3n) is 4.65. The van der Waals surface area contributed by atoms with Crippen LogP contribution in [-0.2, 0) is 0 Å². The van der Waals surface area contributed by atoms with Gasteiger partial charge in [0.25, 0.3) is 0 Å². The number of nitrogens with one attached hydrogen (secondary N) is 1. The normalized spacial score (nSPS) is 29.5. The topological polar surface area (TPSA) is 28.2 Å². The van der Waals surface area contributed by atoms with Gasteiger partial charge in [-0.25, -0.2) is 0 Å². The van der Waals surface area contributed by atoms with E-state index in [-0.39, 0.29) is 0 Å². The number of aryl methyl sites for hydroxylation is 1. The molecule has 0 spiro atoms. The fraction of sp³-hybridized carbons (Fsp3) is 0.688. The van der Waals surface area contributed by atoms with Crippen molar-refractivity contribution in [3.8, 4) is 0 Å². The van der Waals surface area contributed by atoms with Crippen molar-refractivity contribution in [1.29, 1.82) is 0 Å². The third kappa shape index (κ3) is 2.62. The van der Waals surface area contributed by atoms with Gasteiger partial charge < -0.3 is 10.2 Å². The van der Waals surface area contributed by atoms with E-state index in [9.17, 15) is 0 Å². The first kappa shape index (κ1) is 12.9. The molecule has 2 aliphatic heterocycles. The SMILES string of the molecule is CCCN(c1ccncc1C)C1CC2CCC(C1)N2. The molecule has 1 aromatic heterocycles. The molecule has 2 bridgehead atoms. The third-order valence-corrected chi connectivity index (χ3v) is 4.65. The summed E-state index contributed by atoms with van der Waals surface area (Å²) in [6.45, 7) is 5.62. The van der Waals surface area contributed by atoms with Crippen LogP contribution in [0.1, 0.15) is 44.6 Å². The zero-order valence-corrected chi connectivity index (χ0v) is 12.1. The lowest BCUT2D eigenvalue weighted by molar-refractivity contribution is 0.346. The molecule has 1 aromatic rings. The molecule has 3 rings (SSSR count). The van der Waals surface area contributed by atoms with E-state index in [0.717, 1.165) is 18.6 Å². The van der Waals surface area contributed by atoms with Crippen molar-refractivity contribution >= 4 is 5.69 Å². The molecular formula is C16H25N3. The molecule has 3 heterocycles. The van der Waals surface area contributed by atoms with Crippen molar-refractivity contribution in [1.82, 2.24) is 10.3 Å². The zero-order chi connectivity index (χ0) is 13.2. The van der Waals surface area contributed by atoms with Gasteiger partial charge in [-0.2, -0.15) is 0 Å². The minimum Gasteiger partial charge on any atom is -0.368 e. The number of piperidine rings is 1. The highest BCUT2D eigenvalue weighted by molar-refractivity contribution is 5.52. The average Bonchev–Trinajstić information content (AvgIpc) is 2.76. The van der Waals surface area contributed by atoms with Gasteiger partial charge in [0.15, 0.2) is 0 Å². The number of fused-ring (bicyclic) bond motifs is 2. The fourth-order valence-electron chi connectivity index (χ4n) is 3.81. The van der Waals surface area contributed by atoms with E-state index in [1.165, 1.54) is 43.4 Å². The molecule has 19 heavy (non-hydrogen) atoms. The Morgan fingerprint density at radius 2 is 2.05 bits per heavy atom. The summed E-state index contributed by atoms with van der Waals surface area (Å²) in [5, 5.41) is 3.74. The van der Waals surface area contributed by atoms with Crippen molar-refractivity contribution in [3.63, 3.8) is 0 Å². The molecule has 2 aliphatic rings. The minimum absolute atomic E-state index is 0.708. The first-order valence-electron chi connectivity index (χ1n) is 7.71. The molecule has 2 unspecified atom stereocenters. The van der Waals surface area contributed by atoms with E-state index in [0.29, 0.717) is 6.04 Å². The summed E-state index contributed by atoms with van der Waals surface area (Å²) in [7, 11) is 0. The number of rotatable bonds is 4. The maximum Gasteiger partial charge on any atom is 0.0429 e. The second-order valence-corrected chi connectivity index (χ2v) is 6.12. The monoisotopic (exact) mass is 259 g/mol. The van der Waals surface area contributed by atoms with Gasteiger partial charge in [0, 0.05) is 42.8 Å². The Balaban J connectivity index is 1.83. The number of hydrogen-bond acceptors (Lipinski definition) is 3. The highest BCUT2D eigenvalue weighted by Crippen LogP contribution is 2.33. The Morgan fingerprint density at radius 1 is 1.32 bits per heavy atom. The lowest BCUT2D eigenvalue weighted by Crippen LogP contribution is -2.48. The number of aromatic nitrogens is 1. The van der Waals surface area contributed by atoms with Crippen molar-refractivity contribution in [3.05, 3.63) is 24.0 Å². The zero-order valence-electron chi connectivity index (χ0n) is 12.1. The summed E-state index contributed by atoms with van der Waals surface area (Å²) in [6, 6.07) is 4.41. The van der Waals surface area contributed by atoms with Gasteiger partial charge >= 0.3 is 0 Å². The van der Waals surface area contributed by atoms with Gasteiger partial charge in [0.1, 0.15) is 0 Å². The van der Waals surface area contributed by atoms with Gasteiger partial charge in [-0.05, 0) is 50.7 Å². The van der Waals surface area contributed by atoms with Crippen molar-refractivity contribution in [2.24, 2.45) is 0 Å². The van der Waals surface area contributed by atoms with Crippen LogP contribution in [0.15, 0.2) is 18.5 Å². The van der Waals surface area contributed by atoms with E-state index in [1.54, 1.807) is 0 Å². The lowest BCUT2D eigenvalue weighted by atomic mass is 9.97. The highest BCUT2D eigenvalue weighted by Gasteiger charge is 2.36. The second kappa shape index (κ2) is 5.49. The Hall–Kier alpha value is -1.09. The van der Waals surface area contributed by atoms with Crippen LogP contribution >= 0.6 is 0 Å². The van der Waals surface area contributed by atoms with E-state index >= 15 is 0 Å². The van der Waals surface area contributed by atoms with Crippen LogP contribution < -0.4 is 10.2 Å². The Kier molecular flexibility index (Phi) is 3.74. The second-order valence-electron chi connectivity index (χ2n) is 6.12.